The van der Waals surface area contributed by atoms with Crippen molar-refractivity contribution in [3.05, 3.63) is 0 Å². The molecular formula is C14H27N3O3. The summed E-state index contributed by atoms with van der Waals surface area (Å²) in [5, 5.41) is 12.1. The Hall–Kier alpha value is -1.30. The zero-order valence-electron chi connectivity index (χ0n) is 13.1. The normalized spacial score (nSPS) is 24.2. The van der Waals surface area contributed by atoms with Crippen LogP contribution < -0.4 is 5.32 Å². The molecule has 0 aliphatic carbocycles. The van der Waals surface area contributed by atoms with E-state index in [1.807, 2.05) is 25.9 Å². The molecule has 0 bridgehead atoms. The van der Waals surface area contributed by atoms with E-state index in [9.17, 15) is 9.59 Å². The zero-order chi connectivity index (χ0) is 15.4. The van der Waals surface area contributed by atoms with Crippen LogP contribution in [0.2, 0.25) is 0 Å². The summed E-state index contributed by atoms with van der Waals surface area (Å²) in [6, 6.07) is -0.0853. The van der Waals surface area contributed by atoms with Gasteiger partial charge in [-0.1, -0.05) is 20.8 Å². The molecule has 0 saturated carbocycles. The highest BCUT2D eigenvalue weighted by Crippen LogP contribution is 2.23. The van der Waals surface area contributed by atoms with Gasteiger partial charge in [0.2, 0.25) is 0 Å². The predicted molar refractivity (Wildman–Crippen MR) is 77.6 cm³/mol. The first-order valence-corrected chi connectivity index (χ1v) is 7.15. The van der Waals surface area contributed by atoms with Crippen LogP contribution in [0.15, 0.2) is 0 Å². The highest BCUT2D eigenvalue weighted by molar-refractivity contribution is 5.77. The maximum absolute atomic E-state index is 12.3. The second-order valence-corrected chi connectivity index (χ2v) is 6.39. The van der Waals surface area contributed by atoms with E-state index in [2.05, 4.69) is 19.2 Å². The van der Waals surface area contributed by atoms with Gasteiger partial charge in [0.15, 0.2) is 0 Å². The summed E-state index contributed by atoms with van der Waals surface area (Å²) in [4.78, 5) is 27.0. The molecule has 0 aromatic rings. The Balaban J connectivity index is 2.60. The monoisotopic (exact) mass is 285 g/mol. The average Bonchev–Trinajstić information content (AvgIpc) is 2.69. The SMILES string of the molecule is CC(C)C(CN(C)C)NC(=O)N1C[C@@H](C)[C@H](C(=O)O)C1. The van der Waals surface area contributed by atoms with Crippen molar-refractivity contribution in [1.82, 2.24) is 15.1 Å². The lowest BCUT2D eigenvalue weighted by molar-refractivity contribution is -0.142. The molecule has 6 nitrogen and oxygen atoms in total. The number of aliphatic carboxylic acids is 1. The van der Waals surface area contributed by atoms with E-state index in [0.29, 0.717) is 19.0 Å². The van der Waals surface area contributed by atoms with Crippen LogP contribution in [0.25, 0.3) is 0 Å². The quantitative estimate of drug-likeness (QED) is 0.788. The number of carboxylic acids is 1. The Bertz CT molecular complexity index is 358. The van der Waals surface area contributed by atoms with Gasteiger partial charge >= 0.3 is 12.0 Å². The minimum Gasteiger partial charge on any atom is -0.481 e. The van der Waals surface area contributed by atoms with Crippen LogP contribution in [0, 0.1) is 17.8 Å². The standard InChI is InChI=1S/C14H27N3O3/c1-9(2)12(8-16(4)5)15-14(20)17-6-10(3)11(7-17)13(18)19/h9-12H,6-8H2,1-5H3,(H,15,20)(H,18,19)/t10-,11-,12?/m1/s1. The van der Waals surface area contributed by atoms with E-state index < -0.39 is 11.9 Å². The van der Waals surface area contributed by atoms with Gasteiger partial charge in [-0.3, -0.25) is 4.79 Å². The van der Waals surface area contributed by atoms with Crippen molar-refractivity contribution in [3.63, 3.8) is 0 Å². The molecule has 0 aromatic heterocycles. The van der Waals surface area contributed by atoms with Crippen molar-refractivity contribution in [2.45, 2.75) is 26.8 Å². The van der Waals surface area contributed by atoms with Crippen LogP contribution in [-0.4, -0.2) is 66.7 Å². The summed E-state index contributed by atoms with van der Waals surface area (Å²) < 4.78 is 0. The fourth-order valence-corrected chi connectivity index (χ4v) is 2.52. The summed E-state index contributed by atoms with van der Waals surface area (Å²) in [6.45, 7) is 7.61. The zero-order valence-corrected chi connectivity index (χ0v) is 13.1. The summed E-state index contributed by atoms with van der Waals surface area (Å²) in [5.74, 6) is -0.935. The number of likely N-dealkylation sites (N-methyl/N-ethyl adjacent to an activating group) is 1. The van der Waals surface area contributed by atoms with Crippen molar-refractivity contribution in [2.24, 2.45) is 17.8 Å². The van der Waals surface area contributed by atoms with E-state index in [0.717, 1.165) is 6.54 Å². The largest absolute Gasteiger partial charge is 0.481 e. The molecule has 2 N–H and O–H groups in total. The van der Waals surface area contributed by atoms with Crippen molar-refractivity contribution in [1.29, 1.82) is 0 Å². The lowest BCUT2D eigenvalue weighted by Gasteiger charge is -2.28. The van der Waals surface area contributed by atoms with E-state index in [-0.39, 0.29) is 18.0 Å². The first kappa shape index (κ1) is 16.8. The highest BCUT2D eigenvalue weighted by atomic mass is 16.4. The molecule has 0 aromatic carbocycles. The molecule has 0 radical (unpaired) electrons. The van der Waals surface area contributed by atoms with Crippen molar-refractivity contribution in [3.8, 4) is 0 Å². The van der Waals surface area contributed by atoms with Gasteiger partial charge in [0.1, 0.15) is 0 Å². The van der Waals surface area contributed by atoms with Gasteiger partial charge in [-0.2, -0.15) is 0 Å². The van der Waals surface area contributed by atoms with Gasteiger partial charge in [-0.05, 0) is 25.9 Å². The molecule has 1 fully saturated rings. The molecule has 20 heavy (non-hydrogen) atoms. The summed E-state index contributed by atoms with van der Waals surface area (Å²) in [5.41, 5.74) is 0. The number of urea groups is 1. The molecule has 0 spiro atoms. The van der Waals surface area contributed by atoms with Crippen LogP contribution in [0.3, 0.4) is 0 Å². The van der Waals surface area contributed by atoms with Gasteiger partial charge in [0.05, 0.1) is 5.92 Å². The maximum Gasteiger partial charge on any atom is 0.317 e. The summed E-state index contributed by atoms with van der Waals surface area (Å²) >= 11 is 0. The lowest BCUT2D eigenvalue weighted by atomic mass is 9.99. The van der Waals surface area contributed by atoms with Gasteiger partial charge in [0.25, 0.3) is 0 Å². The Morgan fingerprint density at radius 1 is 1.35 bits per heavy atom. The number of likely N-dealkylation sites (tertiary alicyclic amines) is 1. The number of rotatable bonds is 5. The minimum absolute atomic E-state index is 0.00426. The van der Waals surface area contributed by atoms with Crippen LogP contribution >= 0.6 is 0 Å². The number of carbonyl (C=O) groups excluding carboxylic acids is 1. The Morgan fingerprint density at radius 2 is 1.95 bits per heavy atom. The van der Waals surface area contributed by atoms with E-state index >= 15 is 0 Å². The van der Waals surface area contributed by atoms with Crippen molar-refractivity contribution < 1.29 is 14.7 Å². The molecule has 1 heterocycles. The highest BCUT2D eigenvalue weighted by Gasteiger charge is 2.37. The molecular weight excluding hydrogens is 258 g/mol. The number of nitrogens with zero attached hydrogens (tertiary/aromatic N) is 2. The molecule has 1 aliphatic heterocycles. The molecule has 1 aliphatic rings. The Morgan fingerprint density at radius 3 is 2.35 bits per heavy atom. The maximum atomic E-state index is 12.3. The molecule has 1 rings (SSSR count). The molecule has 2 amide bonds. The van der Waals surface area contributed by atoms with Gasteiger partial charge in [0, 0.05) is 25.7 Å². The second kappa shape index (κ2) is 6.92. The fourth-order valence-electron chi connectivity index (χ4n) is 2.52. The van der Waals surface area contributed by atoms with E-state index in [1.54, 1.807) is 4.90 Å². The molecule has 1 unspecified atom stereocenters. The van der Waals surface area contributed by atoms with Crippen LogP contribution in [0.1, 0.15) is 20.8 Å². The van der Waals surface area contributed by atoms with Gasteiger partial charge in [-0.25, -0.2) is 4.79 Å². The molecule has 3 atom stereocenters. The van der Waals surface area contributed by atoms with Crippen molar-refractivity contribution in [2.75, 3.05) is 33.7 Å². The molecule has 6 heteroatoms. The average molecular weight is 285 g/mol. The third kappa shape index (κ3) is 4.37. The number of hydrogen-bond donors (Lipinski definition) is 2. The minimum atomic E-state index is -0.818. The van der Waals surface area contributed by atoms with E-state index in [1.165, 1.54) is 0 Å². The Kier molecular flexibility index (Phi) is 5.80. The number of hydrogen-bond acceptors (Lipinski definition) is 3. The smallest absolute Gasteiger partial charge is 0.317 e. The number of carboxylic acid groups (broad SMARTS) is 1. The third-order valence-electron chi connectivity index (χ3n) is 3.89. The van der Waals surface area contributed by atoms with Crippen LogP contribution in [0.5, 0.6) is 0 Å². The van der Waals surface area contributed by atoms with Gasteiger partial charge in [-0.15, -0.1) is 0 Å². The predicted octanol–water partition coefficient (Wildman–Crippen LogP) is 0.935. The van der Waals surface area contributed by atoms with Gasteiger partial charge < -0.3 is 20.2 Å². The topological polar surface area (TPSA) is 72.9 Å². The van der Waals surface area contributed by atoms with Crippen LogP contribution in [0.4, 0.5) is 4.79 Å². The molecule has 116 valence electrons. The first-order chi connectivity index (χ1) is 9.22. The number of nitrogens with one attached hydrogen (secondary N) is 1. The van der Waals surface area contributed by atoms with E-state index in [4.69, 9.17) is 5.11 Å². The molecule has 1 saturated heterocycles. The fraction of sp³-hybridized carbons (Fsp3) is 0.857. The number of amides is 2. The first-order valence-electron chi connectivity index (χ1n) is 7.15. The number of carbonyl (C=O) groups is 2. The second-order valence-electron chi connectivity index (χ2n) is 6.39. The lowest BCUT2D eigenvalue weighted by Crippen LogP contribution is -2.50. The third-order valence-corrected chi connectivity index (χ3v) is 3.89. The summed E-state index contributed by atoms with van der Waals surface area (Å²) in [6.07, 6.45) is 0. The van der Waals surface area contributed by atoms with Crippen LogP contribution in [-0.2, 0) is 4.79 Å². The van der Waals surface area contributed by atoms with Crippen molar-refractivity contribution >= 4 is 12.0 Å². The Labute approximate surface area is 121 Å². The summed E-state index contributed by atoms with van der Waals surface area (Å²) in [7, 11) is 3.94.